The highest BCUT2D eigenvalue weighted by Gasteiger charge is 2.34. The molecular weight excluding hydrogens is 538 g/mol. The summed E-state index contributed by atoms with van der Waals surface area (Å²) in [6.45, 7) is 1.40. The minimum Gasteiger partial charge on any atom is -0.390 e. The lowest BCUT2D eigenvalue weighted by Gasteiger charge is -2.37. The fourth-order valence-electron chi connectivity index (χ4n) is 3.67. The van der Waals surface area contributed by atoms with Gasteiger partial charge < -0.3 is 15.7 Å². The average Bonchev–Trinajstić information content (AvgIpc) is 3.34. The van der Waals surface area contributed by atoms with Gasteiger partial charge in [-0.15, -0.1) is 10.2 Å². The number of aliphatic hydroxyl groups is 1. The first-order valence-corrected chi connectivity index (χ1v) is 15.8. The highest BCUT2D eigenvalue weighted by Crippen LogP contribution is 2.38. The monoisotopic (exact) mass is 567 g/mol. The zero-order valence-electron chi connectivity index (χ0n) is 19.4. The standard InChI is InChI=1S/C17H29N9O7S3/c1-34(28,29)9-8-25-4-6-26(7-5-25)13-2-3-14(36(32,33)20-11-12(27)10-18)16(35(19,30)31)15(13)17-21-23-24-22-17/h2-3,12,20,27H,4-11,18H2,1H3,(H2,19,30,31)(H,21,22,23,24)/t12-/m1/s1. The van der Waals surface area contributed by atoms with E-state index in [9.17, 15) is 30.4 Å². The number of sulfonamides is 2. The number of aromatic amines is 1. The van der Waals surface area contributed by atoms with Crippen LogP contribution in [0, 0.1) is 0 Å². The number of H-pyrrole nitrogens is 1. The number of hydrogen-bond donors (Lipinski definition) is 5. The lowest BCUT2D eigenvalue weighted by atomic mass is 10.1. The molecule has 1 saturated heterocycles. The Kier molecular flexibility index (Phi) is 8.66. The van der Waals surface area contributed by atoms with Crippen molar-refractivity contribution < 1.29 is 30.4 Å². The fraction of sp³-hybridized carbons (Fsp3) is 0.588. The van der Waals surface area contributed by atoms with Gasteiger partial charge in [0.2, 0.25) is 25.9 Å². The van der Waals surface area contributed by atoms with Gasteiger partial charge in [-0.1, -0.05) is 0 Å². The van der Waals surface area contributed by atoms with Crippen LogP contribution in [0.15, 0.2) is 21.9 Å². The number of sulfone groups is 1. The van der Waals surface area contributed by atoms with E-state index in [1.807, 2.05) is 4.90 Å². The van der Waals surface area contributed by atoms with Crippen molar-refractivity contribution in [2.75, 3.05) is 62.7 Å². The molecule has 1 aliphatic heterocycles. The molecule has 3 rings (SSSR count). The number of primary sulfonamides is 1. The minimum absolute atomic E-state index is 0.00901. The number of nitrogens with two attached hydrogens (primary N) is 2. The van der Waals surface area contributed by atoms with E-state index in [2.05, 4.69) is 25.3 Å². The van der Waals surface area contributed by atoms with Gasteiger partial charge in [-0.05, 0) is 17.3 Å². The third-order valence-electron chi connectivity index (χ3n) is 5.51. The van der Waals surface area contributed by atoms with E-state index in [4.69, 9.17) is 10.9 Å². The number of nitrogens with zero attached hydrogens (tertiary/aromatic N) is 5. The summed E-state index contributed by atoms with van der Waals surface area (Å²) in [4.78, 5) is 2.39. The van der Waals surface area contributed by atoms with E-state index in [1.54, 1.807) is 4.90 Å². The Labute approximate surface area is 209 Å². The van der Waals surface area contributed by atoms with Crippen LogP contribution in [-0.4, -0.2) is 120 Å². The highest BCUT2D eigenvalue weighted by molar-refractivity contribution is 7.92. The second-order valence-corrected chi connectivity index (χ2v) is 13.8. The molecule has 0 spiro atoms. The number of aliphatic hydroxyl groups excluding tert-OH is 1. The van der Waals surface area contributed by atoms with Crippen molar-refractivity contribution in [2.24, 2.45) is 10.9 Å². The van der Waals surface area contributed by atoms with Gasteiger partial charge in [-0.2, -0.15) is 5.21 Å². The Morgan fingerprint density at radius 1 is 1.14 bits per heavy atom. The summed E-state index contributed by atoms with van der Waals surface area (Å²) in [6, 6.07) is 2.52. The normalized spacial score (nSPS) is 16.8. The summed E-state index contributed by atoms with van der Waals surface area (Å²) in [5.74, 6) is -0.178. The van der Waals surface area contributed by atoms with E-state index < -0.39 is 52.3 Å². The van der Waals surface area contributed by atoms with Crippen molar-refractivity contribution in [3.8, 4) is 11.4 Å². The van der Waals surface area contributed by atoms with Gasteiger partial charge in [0, 0.05) is 57.8 Å². The van der Waals surface area contributed by atoms with Crippen molar-refractivity contribution in [1.29, 1.82) is 0 Å². The van der Waals surface area contributed by atoms with Gasteiger partial charge >= 0.3 is 0 Å². The molecule has 19 heteroatoms. The zero-order valence-corrected chi connectivity index (χ0v) is 21.9. The number of benzene rings is 1. The molecule has 0 aliphatic carbocycles. The number of nitrogens with one attached hydrogen (secondary N) is 2. The second kappa shape index (κ2) is 11.0. The first-order chi connectivity index (χ1) is 16.7. The smallest absolute Gasteiger partial charge is 0.242 e. The van der Waals surface area contributed by atoms with Gasteiger partial charge in [-0.3, -0.25) is 4.90 Å². The number of rotatable bonds is 11. The molecule has 2 aromatic rings. The largest absolute Gasteiger partial charge is 0.390 e. The van der Waals surface area contributed by atoms with Gasteiger partial charge in [0.15, 0.2) is 0 Å². The topological polar surface area (TPSA) is 248 Å². The fourth-order valence-corrected chi connectivity index (χ4v) is 6.93. The van der Waals surface area contributed by atoms with Crippen LogP contribution in [0.4, 0.5) is 5.69 Å². The van der Waals surface area contributed by atoms with E-state index >= 15 is 0 Å². The van der Waals surface area contributed by atoms with Crippen LogP contribution in [0.3, 0.4) is 0 Å². The van der Waals surface area contributed by atoms with Crippen molar-refractivity contribution in [2.45, 2.75) is 15.9 Å². The van der Waals surface area contributed by atoms with E-state index in [0.717, 1.165) is 12.3 Å². The van der Waals surface area contributed by atoms with Gasteiger partial charge in [0.1, 0.15) is 19.6 Å². The van der Waals surface area contributed by atoms with Crippen LogP contribution in [0.1, 0.15) is 0 Å². The summed E-state index contributed by atoms with van der Waals surface area (Å²) in [5, 5.41) is 28.5. The number of aromatic nitrogens is 4. The number of anilines is 1. The number of tetrazole rings is 1. The molecule has 16 nitrogen and oxygen atoms in total. The molecule has 1 fully saturated rings. The molecule has 7 N–H and O–H groups in total. The minimum atomic E-state index is -4.65. The first kappa shape index (κ1) is 28.3. The molecule has 1 atom stereocenters. The highest BCUT2D eigenvalue weighted by atomic mass is 32.2. The van der Waals surface area contributed by atoms with Gasteiger partial charge in [-0.25, -0.2) is 35.1 Å². The first-order valence-electron chi connectivity index (χ1n) is 10.7. The molecule has 0 unspecified atom stereocenters. The summed E-state index contributed by atoms with van der Waals surface area (Å²) in [7, 11) is -12.2. The molecule has 0 amide bonds. The molecule has 2 heterocycles. The van der Waals surface area contributed by atoms with Crippen molar-refractivity contribution in [3.63, 3.8) is 0 Å². The van der Waals surface area contributed by atoms with Crippen molar-refractivity contribution >= 4 is 35.6 Å². The molecule has 1 aromatic carbocycles. The van der Waals surface area contributed by atoms with Gasteiger partial charge in [0.05, 0.1) is 17.4 Å². The van der Waals surface area contributed by atoms with Crippen LogP contribution in [0.25, 0.3) is 11.4 Å². The Hall–Kier alpha value is -2.26. The quantitative estimate of drug-likeness (QED) is 0.175. The van der Waals surface area contributed by atoms with Crippen LogP contribution in [-0.2, 0) is 29.9 Å². The molecule has 1 aromatic heterocycles. The summed E-state index contributed by atoms with van der Waals surface area (Å²) < 4.78 is 76.6. The maximum Gasteiger partial charge on any atom is 0.242 e. The Morgan fingerprint density at radius 3 is 2.33 bits per heavy atom. The average molecular weight is 568 g/mol. The Bertz CT molecular complexity index is 1370. The molecule has 202 valence electrons. The van der Waals surface area contributed by atoms with E-state index in [0.29, 0.717) is 38.4 Å². The number of hydrogen-bond acceptors (Lipinski definition) is 13. The third kappa shape index (κ3) is 6.94. The third-order valence-corrected chi connectivity index (χ3v) is 9.03. The maximum atomic E-state index is 13.0. The Morgan fingerprint density at radius 2 is 1.81 bits per heavy atom. The maximum absolute atomic E-state index is 13.0. The van der Waals surface area contributed by atoms with Gasteiger partial charge in [0.25, 0.3) is 0 Å². The number of piperazine rings is 1. The SMILES string of the molecule is CS(=O)(=O)CCN1CCN(c2ccc(S(=O)(=O)NC[C@H](O)CN)c(S(N)(=O)=O)c2-c2nn[nH]n2)CC1. The second-order valence-electron chi connectivity index (χ2n) is 8.27. The molecular formula is C17H29N9O7S3. The van der Waals surface area contributed by atoms with E-state index in [1.165, 1.54) is 6.07 Å². The summed E-state index contributed by atoms with van der Waals surface area (Å²) in [6.07, 6.45) is -0.0242. The predicted octanol–water partition coefficient (Wildman–Crippen LogP) is -3.72. The molecule has 0 radical (unpaired) electrons. The van der Waals surface area contributed by atoms with Crippen LogP contribution < -0.4 is 20.5 Å². The summed E-state index contributed by atoms with van der Waals surface area (Å²) >= 11 is 0. The zero-order chi connectivity index (χ0) is 26.7. The van der Waals surface area contributed by atoms with Crippen molar-refractivity contribution in [3.05, 3.63) is 12.1 Å². The molecule has 36 heavy (non-hydrogen) atoms. The van der Waals surface area contributed by atoms with Crippen LogP contribution >= 0.6 is 0 Å². The van der Waals surface area contributed by atoms with Crippen LogP contribution in [0.5, 0.6) is 0 Å². The van der Waals surface area contributed by atoms with Crippen LogP contribution in [0.2, 0.25) is 0 Å². The lowest BCUT2D eigenvalue weighted by Crippen LogP contribution is -2.48. The van der Waals surface area contributed by atoms with Crippen molar-refractivity contribution in [1.82, 2.24) is 30.2 Å². The predicted molar refractivity (Wildman–Crippen MR) is 130 cm³/mol. The molecule has 1 aliphatic rings. The molecule has 0 saturated carbocycles. The molecule has 0 bridgehead atoms. The lowest BCUT2D eigenvalue weighted by molar-refractivity contribution is 0.186. The Balaban J connectivity index is 2.05. The van der Waals surface area contributed by atoms with E-state index in [-0.39, 0.29) is 23.7 Å². The summed E-state index contributed by atoms with van der Waals surface area (Å²) in [5.41, 5.74) is 5.47.